The van der Waals surface area contributed by atoms with E-state index >= 15 is 0 Å². The van der Waals surface area contributed by atoms with E-state index in [1.807, 2.05) is 0 Å². The summed E-state index contributed by atoms with van der Waals surface area (Å²) in [6.45, 7) is 3.97. The van der Waals surface area contributed by atoms with Crippen LogP contribution in [0.4, 0.5) is 13.2 Å². The highest BCUT2D eigenvalue weighted by Crippen LogP contribution is 2.28. The summed E-state index contributed by atoms with van der Waals surface area (Å²) in [7, 11) is 0. The minimum atomic E-state index is -4.44. The molecule has 1 aliphatic rings. The van der Waals surface area contributed by atoms with Gasteiger partial charge in [0.2, 0.25) is 5.88 Å². The first-order chi connectivity index (χ1) is 9.05. The van der Waals surface area contributed by atoms with Crippen LogP contribution in [0.25, 0.3) is 0 Å². The molecule has 2 rings (SSSR count). The molecule has 1 aromatic heterocycles. The van der Waals surface area contributed by atoms with Crippen LogP contribution in [-0.4, -0.2) is 49.3 Å². The number of halogens is 3. The first kappa shape index (κ1) is 14.1. The number of morpholine rings is 1. The van der Waals surface area contributed by atoms with Crippen LogP contribution in [0, 0.1) is 0 Å². The number of aromatic nitrogens is 1. The van der Waals surface area contributed by atoms with Gasteiger partial charge in [-0.05, 0) is 6.07 Å². The van der Waals surface area contributed by atoms with E-state index < -0.39 is 11.9 Å². The molecule has 7 heteroatoms. The highest BCUT2D eigenvalue weighted by molar-refractivity contribution is 5.17. The van der Waals surface area contributed by atoms with Gasteiger partial charge in [0.25, 0.3) is 0 Å². The van der Waals surface area contributed by atoms with Crippen LogP contribution in [0.1, 0.15) is 5.69 Å². The second-order valence-electron chi connectivity index (χ2n) is 4.16. The molecular weight excluding hydrogens is 261 g/mol. The second-order valence-corrected chi connectivity index (χ2v) is 4.16. The molecule has 0 unspecified atom stereocenters. The Labute approximate surface area is 109 Å². The lowest BCUT2D eigenvalue weighted by Crippen LogP contribution is -2.38. The van der Waals surface area contributed by atoms with Gasteiger partial charge in [0, 0.05) is 25.7 Å². The molecule has 0 aliphatic carbocycles. The Bertz CT molecular complexity index is 406. The van der Waals surface area contributed by atoms with Crippen LogP contribution >= 0.6 is 0 Å². The zero-order valence-corrected chi connectivity index (χ0v) is 10.3. The number of pyridine rings is 1. The van der Waals surface area contributed by atoms with E-state index in [9.17, 15) is 13.2 Å². The molecule has 1 fully saturated rings. The minimum absolute atomic E-state index is 0.00286. The normalized spacial score (nSPS) is 17.4. The van der Waals surface area contributed by atoms with E-state index in [0.29, 0.717) is 26.4 Å². The molecule has 0 atom stereocenters. The van der Waals surface area contributed by atoms with Crippen LogP contribution in [-0.2, 0) is 10.9 Å². The molecule has 106 valence electrons. The highest BCUT2D eigenvalue weighted by Gasteiger charge is 2.32. The van der Waals surface area contributed by atoms with Crippen molar-refractivity contribution in [3.8, 4) is 5.88 Å². The quantitative estimate of drug-likeness (QED) is 0.840. The summed E-state index contributed by atoms with van der Waals surface area (Å²) in [5.41, 5.74) is -0.934. The van der Waals surface area contributed by atoms with Gasteiger partial charge in [-0.2, -0.15) is 13.2 Å². The van der Waals surface area contributed by atoms with E-state index in [0.717, 1.165) is 19.2 Å². The maximum absolute atomic E-state index is 12.4. The smallest absolute Gasteiger partial charge is 0.433 e. The van der Waals surface area contributed by atoms with Gasteiger partial charge in [-0.3, -0.25) is 4.90 Å². The first-order valence-corrected chi connectivity index (χ1v) is 6.03. The Balaban J connectivity index is 1.82. The average molecular weight is 276 g/mol. The molecule has 0 radical (unpaired) electrons. The molecule has 2 heterocycles. The van der Waals surface area contributed by atoms with Gasteiger partial charge >= 0.3 is 6.18 Å². The number of alkyl halides is 3. The Hall–Kier alpha value is -1.34. The Kier molecular flexibility index (Phi) is 4.60. The molecule has 0 amide bonds. The van der Waals surface area contributed by atoms with Gasteiger partial charge in [0.05, 0.1) is 13.2 Å². The van der Waals surface area contributed by atoms with Crippen molar-refractivity contribution in [1.82, 2.24) is 9.88 Å². The van der Waals surface area contributed by atoms with Crippen LogP contribution < -0.4 is 4.74 Å². The van der Waals surface area contributed by atoms with Crippen molar-refractivity contribution >= 4 is 0 Å². The summed E-state index contributed by atoms with van der Waals surface area (Å²) < 4.78 is 47.8. The topological polar surface area (TPSA) is 34.6 Å². The van der Waals surface area contributed by atoms with Crippen molar-refractivity contribution < 1.29 is 22.6 Å². The zero-order valence-electron chi connectivity index (χ0n) is 10.3. The summed E-state index contributed by atoms with van der Waals surface area (Å²) in [6.07, 6.45) is -4.44. The molecule has 0 spiro atoms. The standard InChI is InChI=1S/C12H15F3N2O2/c13-12(14,15)10-2-1-3-11(16-10)19-9-6-17-4-7-18-8-5-17/h1-3H,4-9H2. The van der Waals surface area contributed by atoms with Crippen LogP contribution in [0.3, 0.4) is 0 Å². The summed E-state index contributed by atoms with van der Waals surface area (Å²) in [4.78, 5) is 5.57. The fourth-order valence-electron chi connectivity index (χ4n) is 1.76. The van der Waals surface area contributed by atoms with E-state index in [2.05, 4.69) is 9.88 Å². The van der Waals surface area contributed by atoms with E-state index in [1.54, 1.807) is 0 Å². The third-order valence-electron chi connectivity index (χ3n) is 2.78. The van der Waals surface area contributed by atoms with Gasteiger partial charge in [0.1, 0.15) is 12.3 Å². The number of nitrogens with zero attached hydrogens (tertiary/aromatic N) is 2. The summed E-state index contributed by atoms with van der Waals surface area (Å²) >= 11 is 0. The average Bonchev–Trinajstić information content (AvgIpc) is 2.39. The Morgan fingerprint density at radius 3 is 2.68 bits per heavy atom. The van der Waals surface area contributed by atoms with Gasteiger partial charge < -0.3 is 9.47 Å². The molecule has 1 aromatic rings. The number of rotatable bonds is 4. The molecule has 4 nitrogen and oxygen atoms in total. The molecule has 1 saturated heterocycles. The molecule has 1 aliphatic heterocycles. The molecule has 0 N–H and O–H groups in total. The molecule has 19 heavy (non-hydrogen) atoms. The van der Waals surface area contributed by atoms with Crippen LogP contribution in [0.5, 0.6) is 5.88 Å². The van der Waals surface area contributed by atoms with Crippen molar-refractivity contribution in [2.24, 2.45) is 0 Å². The molecule has 0 saturated carbocycles. The summed E-state index contributed by atoms with van der Waals surface area (Å²) in [5, 5.41) is 0. The predicted molar refractivity (Wildman–Crippen MR) is 62.0 cm³/mol. The third kappa shape index (κ3) is 4.36. The Morgan fingerprint density at radius 1 is 1.26 bits per heavy atom. The lowest BCUT2D eigenvalue weighted by molar-refractivity contribution is -0.141. The first-order valence-electron chi connectivity index (χ1n) is 6.03. The number of hydrogen-bond acceptors (Lipinski definition) is 4. The largest absolute Gasteiger partial charge is 0.476 e. The molecular formula is C12H15F3N2O2. The maximum Gasteiger partial charge on any atom is 0.433 e. The lowest BCUT2D eigenvalue weighted by atomic mass is 10.3. The van der Waals surface area contributed by atoms with Crippen molar-refractivity contribution in [3.63, 3.8) is 0 Å². The van der Waals surface area contributed by atoms with Crippen LogP contribution in [0.2, 0.25) is 0 Å². The fourth-order valence-corrected chi connectivity index (χ4v) is 1.76. The lowest BCUT2D eigenvalue weighted by Gasteiger charge is -2.26. The van der Waals surface area contributed by atoms with Gasteiger partial charge in [-0.1, -0.05) is 6.07 Å². The van der Waals surface area contributed by atoms with Gasteiger partial charge in [-0.25, -0.2) is 4.98 Å². The van der Waals surface area contributed by atoms with Gasteiger partial charge in [0.15, 0.2) is 0 Å². The van der Waals surface area contributed by atoms with E-state index in [4.69, 9.17) is 9.47 Å². The maximum atomic E-state index is 12.4. The van der Waals surface area contributed by atoms with Crippen molar-refractivity contribution in [3.05, 3.63) is 23.9 Å². The van der Waals surface area contributed by atoms with Crippen LogP contribution in [0.15, 0.2) is 18.2 Å². The second kappa shape index (κ2) is 6.21. The summed E-state index contributed by atoms with van der Waals surface area (Å²) in [6, 6.07) is 3.64. The summed E-state index contributed by atoms with van der Waals surface area (Å²) in [5.74, 6) is 0.00286. The fraction of sp³-hybridized carbons (Fsp3) is 0.583. The number of ether oxygens (including phenoxy) is 2. The molecule has 0 bridgehead atoms. The SMILES string of the molecule is FC(F)(F)c1cccc(OCCN2CCOCC2)n1. The van der Waals surface area contributed by atoms with Crippen molar-refractivity contribution in [2.75, 3.05) is 39.5 Å². The minimum Gasteiger partial charge on any atom is -0.476 e. The van der Waals surface area contributed by atoms with E-state index in [-0.39, 0.29) is 5.88 Å². The third-order valence-corrected chi connectivity index (χ3v) is 2.78. The zero-order chi connectivity index (χ0) is 13.7. The highest BCUT2D eigenvalue weighted by atomic mass is 19.4. The Morgan fingerprint density at radius 2 is 2.00 bits per heavy atom. The van der Waals surface area contributed by atoms with Crippen molar-refractivity contribution in [1.29, 1.82) is 0 Å². The van der Waals surface area contributed by atoms with E-state index in [1.165, 1.54) is 12.1 Å². The molecule has 0 aromatic carbocycles. The van der Waals surface area contributed by atoms with Gasteiger partial charge in [-0.15, -0.1) is 0 Å². The number of hydrogen-bond donors (Lipinski definition) is 0. The van der Waals surface area contributed by atoms with Crippen molar-refractivity contribution in [2.45, 2.75) is 6.18 Å². The predicted octanol–water partition coefficient (Wildman–Crippen LogP) is 1.81. The monoisotopic (exact) mass is 276 g/mol.